The van der Waals surface area contributed by atoms with Gasteiger partial charge in [-0.1, -0.05) is 71.6 Å². The fourth-order valence-corrected chi connectivity index (χ4v) is 8.91. The van der Waals surface area contributed by atoms with Crippen LogP contribution in [0.5, 0.6) is 0 Å². The van der Waals surface area contributed by atoms with Gasteiger partial charge in [-0.2, -0.15) is 0 Å². The molecule has 8 atom stereocenters. The van der Waals surface area contributed by atoms with E-state index in [0.29, 0.717) is 10.8 Å². The van der Waals surface area contributed by atoms with Crippen LogP contribution in [0.1, 0.15) is 105 Å². The molecule has 0 heterocycles. The Labute approximate surface area is 182 Å². The second kappa shape index (κ2) is 8.20. The van der Waals surface area contributed by atoms with Crippen LogP contribution < -0.4 is 0 Å². The summed E-state index contributed by atoms with van der Waals surface area (Å²) in [5.41, 5.74) is 2.94. The normalized spacial score (nSPS) is 45.2. The van der Waals surface area contributed by atoms with Crippen LogP contribution in [-0.4, -0.2) is 0 Å². The van der Waals surface area contributed by atoms with E-state index in [2.05, 4.69) is 53.3 Å². The minimum absolute atomic E-state index is 0.505. The molecule has 0 aliphatic heterocycles. The maximum atomic E-state index is 4.11. The van der Waals surface area contributed by atoms with Gasteiger partial charge in [-0.3, -0.25) is 0 Å². The van der Waals surface area contributed by atoms with Crippen molar-refractivity contribution in [1.82, 2.24) is 0 Å². The Morgan fingerprint density at radius 1 is 1.03 bits per heavy atom. The molecule has 1 unspecified atom stereocenters. The quantitative estimate of drug-likeness (QED) is 0.393. The molecule has 4 rings (SSSR count). The molecule has 0 aromatic heterocycles. The van der Waals surface area contributed by atoms with Crippen LogP contribution in [0.4, 0.5) is 0 Å². The maximum absolute atomic E-state index is 4.11. The van der Waals surface area contributed by atoms with Crippen LogP contribution >= 0.6 is 0 Å². The molecule has 0 spiro atoms. The van der Waals surface area contributed by atoms with Crippen molar-refractivity contribution >= 4 is 0 Å². The van der Waals surface area contributed by atoms with E-state index in [9.17, 15) is 0 Å². The van der Waals surface area contributed by atoms with Crippen molar-refractivity contribution in [3.05, 3.63) is 24.3 Å². The predicted molar refractivity (Wildman–Crippen MR) is 127 cm³/mol. The number of rotatable bonds is 6. The first-order chi connectivity index (χ1) is 13.8. The highest BCUT2D eigenvalue weighted by atomic mass is 14.6. The lowest BCUT2D eigenvalue weighted by Crippen LogP contribution is -2.50. The maximum Gasteiger partial charge on any atom is -0.00849 e. The summed E-state index contributed by atoms with van der Waals surface area (Å²) >= 11 is 0. The van der Waals surface area contributed by atoms with Crippen molar-refractivity contribution in [1.29, 1.82) is 0 Å². The van der Waals surface area contributed by atoms with Crippen LogP contribution in [0.2, 0.25) is 0 Å². The molecule has 0 aromatic carbocycles. The first-order valence-electron chi connectivity index (χ1n) is 13.1. The molecule has 3 saturated carbocycles. The second-order valence-electron chi connectivity index (χ2n) is 12.5. The van der Waals surface area contributed by atoms with Crippen LogP contribution in [-0.2, 0) is 0 Å². The Morgan fingerprint density at radius 2 is 1.83 bits per heavy atom. The van der Waals surface area contributed by atoms with E-state index in [4.69, 9.17) is 0 Å². The van der Waals surface area contributed by atoms with Crippen molar-refractivity contribution in [2.45, 2.75) is 105 Å². The molecular weight excluding hydrogens is 348 g/mol. The Hall–Kier alpha value is -0.520. The molecule has 4 aliphatic rings. The monoisotopic (exact) mass is 396 g/mol. The van der Waals surface area contributed by atoms with Crippen molar-refractivity contribution in [2.75, 3.05) is 0 Å². The largest absolute Gasteiger partial charge is 0.103 e. The van der Waals surface area contributed by atoms with Gasteiger partial charge in [0.25, 0.3) is 0 Å². The zero-order valence-corrected chi connectivity index (χ0v) is 20.2. The Morgan fingerprint density at radius 3 is 2.55 bits per heavy atom. The highest BCUT2D eigenvalue weighted by molar-refractivity contribution is 5.26. The van der Waals surface area contributed by atoms with Gasteiger partial charge >= 0.3 is 0 Å². The third-order valence-electron chi connectivity index (χ3n) is 10.7. The first kappa shape index (κ1) is 21.7. The fourth-order valence-electron chi connectivity index (χ4n) is 8.91. The summed E-state index contributed by atoms with van der Waals surface area (Å²) in [5, 5.41) is 0. The van der Waals surface area contributed by atoms with Crippen LogP contribution in [0.15, 0.2) is 24.3 Å². The van der Waals surface area contributed by atoms with Crippen molar-refractivity contribution in [3.63, 3.8) is 0 Å². The predicted octanol–water partition coefficient (Wildman–Crippen LogP) is 8.83. The van der Waals surface area contributed by atoms with Gasteiger partial charge in [0.15, 0.2) is 0 Å². The van der Waals surface area contributed by atoms with Gasteiger partial charge in [-0.15, -0.1) is 6.58 Å². The van der Waals surface area contributed by atoms with E-state index in [1.165, 1.54) is 70.6 Å². The standard InChI is InChI=1S/C29H48/c1-7-22-15-17-28(5)23(19-22)11-12-24-26-14-13-25(21(4)10-8-9-20(2)3)29(26,6)18-16-27(24)28/h7,11,20-22,24-27H,1,8-10,12-19H2,2-6H3/t21-,22?,24+,25-,26+,27+,28+,29-/m1/s1. The average molecular weight is 397 g/mol. The molecule has 0 N–H and O–H groups in total. The second-order valence-corrected chi connectivity index (χ2v) is 12.5. The Kier molecular flexibility index (Phi) is 6.14. The van der Waals surface area contributed by atoms with Crippen molar-refractivity contribution < 1.29 is 0 Å². The van der Waals surface area contributed by atoms with E-state index in [1.807, 2.05) is 5.57 Å². The van der Waals surface area contributed by atoms with E-state index in [-0.39, 0.29) is 0 Å². The van der Waals surface area contributed by atoms with Crippen LogP contribution in [0, 0.1) is 52.3 Å². The molecule has 164 valence electrons. The molecular formula is C29H48. The van der Waals surface area contributed by atoms with Gasteiger partial charge in [0.05, 0.1) is 0 Å². The van der Waals surface area contributed by atoms with Gasteiger partial charge in [-0.25, -0.2) is 0 Å². The molecule has 0 bridgehead atoms. The lowest BCUT2D eigenvalue weighted by atomic mass is 9.46. The molecule has 3 fully saturated rings. The number of hydrogen-bond acceptors (Lipinski definition) is 0. The van der Waals surface area contributed by atoms with E-state index < -0.39 is 0 Å². The highest BCUT2D eigenvalue weighted by Crippen LogP contribution is 2.67. The lowest BCUT2D eigenvalue weighted by molar-refractivity contribution is -0.0516. The highest BCUT2D eigenvalue weighted by Gasteiger charge is 2.58. The molecule has 0 saturated heterocycles. The summed E-state index contributed by atoms with van der Waals surface area (Å²) in [6.45, 7) is 16.8. The average Bonchev–Trinajstić information content (AvgIpc) is 3.04. The molecule has 0 aromatic rings. The molecule has 29 heavy (non-hydrogen) atoms. The molecule has 0 amide bonds. The molecule has 0 nitrogen and oxygen atoms in total. The summed E-state index contributed by atoms with van der Waals surface area (Å²) in [5.74, 6) is 6.43. The van der Waals surface area contributed by atoms with Crippen molar-refractivity contribution in [2.24, 2.45) is 52.3 Å². The number of hydrogen-bond donors (Lipinski definition) is 0. The van der Waals surface area contributed by atoms with Gasteiger partial charge in [0.2, 0.25) is 0 Å². The number of allylic oxidation sites excluding steroid dienone is 3. The first-order valence-corrected chi connectivity index (χ1v) is 13.1. The minimum Gasteiger partial charge on any atom is -0.103 e. The number of fused-ring (bicyclic) bond motifs is 5. The summed E-state index contributed by atoms with van der Waals surface area (Å²) in [6.07, 6.45) is 20.8. The van der Waals surface area contributed by atoms with E-state index in [0.717, 1.165) is 41.4 Å². The van der Waals surface area contributed by atoms with Gasteiger partial charge in [0, 0.05) is 0 Å². The zero-order valence-electron chi connectivity index (χ0n) is 20.2. The fraction of sp³-hybridized carbons (Fsp3) is 0.862. The van der Waals surface area contributed by atoms with Gasteiger partial charge in [0.1, 0.15) is 0 Å². The summed E-state index contributed by atoms with van der Waals surface area (Å²) in [4.78, 5) is 0. The minimum atomic E-state index is 0.505. The SMILES string of the molecule is C=CC1CC[C@@]2(C)C(=CC[C@H]3[C@@H]4CC[C@H]([C@H](C)CCCC(C)C)[C@@]4(C)CC[C@@H]32)C1. The molecule has 4 aliphatic carbocycles. The zero-order chi connectivity index (χ0) is 20.8. The third kappa shape index (κ3) is 3.70. The molecule has 0 radical (unpaired) electrons. The topological polar surface area (TPSA) is 0 Å². The smallest absolute Gasteiger partial charge is 0.00849 e. The lowest BCUT2D eigenvalue weighted by Gasteiger charge is -2.58. The summed E-state index contributed by atoms with van der Waals surface area (Å²) in [6, 6.07) is 0. The van der Waals surface area contributed by atoms with E-state index >= 15 is 0 Å². The van der Waals surface area contributed by atoms with Gasteiger partial charge < -0.3 is 0 Å². The summed E-state index contributed by atoms with van der Waals surface area (Å²) in [7, 11) is 0. The molecule has 0 heteroatoms. The third-order valence-corrected chi connectivity index (χ3v) is 10.7. The van der Waals surface area contributed by atoms with Crippen LogP contribution in [0.25, 0.3) is 0 Å². The Bertz CT molecular complexity index is 626. The van der Waals surface area contributed by atoms with Crippen LogP contribution in [0.3, 0.4) is 0 Å². The Balaban J connectivity index is 1.49. The van der Waals surface area contributed by atoms with Crippen molar-refractivity contribution in [3.8, 4) is 0 Å². The summed E-state index contributed by atoms with van der Waals surface area (Å²) < 4.78 is 0. The van der Waals surface area contributed by atoms with E-state index in [1.54, 1.807) is 0 Å². The van der Waals surface area contributed by atoms with Gasteiger partial charge in [-0.05, 0) is 104 Å².